The quantitative estimate of drug-likeness (QED) is 0.497. The van der Waals surface area contributed by atoms with Gasteiger partial charge in [0.05, 0.1) is 13.2 Å². The van der Waals surface area contributed by atoms with Crippen LogP contribution in [0.2, 0.25) is 0 Å². The summed E-state index contributed by atoms with van der Waals surface area (Å²) < 4.78 is 28.3. The van der Waals surface area contributed by atoms with E-state index in [1.54, 1.807) is 26.0 Å². The third-order valence-corrected chi connectivity index (χ3v) is 5.66. The minimum absolute atomic E-state index is 0.0428. The number of carbonyl (C=O) groups excluding carboxylic acids is 2. The van der Waals surface area contributed by atoms with Crippen molar-refractivity contribution >= 4 is 19.9 Å². The fourth-order valence-electron chi connectivity index (χ4n) is 3.23. The fourth-order valence-corrected chi connectivity index (χ4v) is 4.47. The maximum atomic E-state index is 12.5. The summed E-state index contributed by atoms with van der Waals surface area (Å²) in [7, 11) is -3.66. The minimum atomic E-state index is -3.66. The molecule has 0 saturated carbocycles. The molecule has 0 N–H and O–H groups in total. The van der Waals surface area contributed by atoms with Gasteiger partial charge in [-0.3, -0.25) is 13.8 Å². The van der Waals surface area contributed by atoms with Crippen molar-refractivity contribution in [1.29, 1.82) is 0 Å². The summed E-state index contributed by atoms with van der Waals surface area (Å²) in [4.78, 5) is 23.1. The SMILES string of the molecule is CCOP(=O)(OCC)OC1=CC(CC=O)[C@H]2C(=O)C=CC[C@@H]2C1. The van der Waals surface area contributed by atoms with Crippen molar-refractivity contribution in [2.24, 2.45) is 17.8 Å². The topological polar surface area (TPSA) is 78.9 Å². The number of ketones is 1. The normalized spacial score (nSPS) is 27.3. The van der Waals surface area contributed by atoms with Crippen LogP contribution in [0.1, 0.15) is 33.1 Å². The molecule has 2 aliphatic rings. The van der Waals surface area contributed by atoms with Crippen LogP contribution in [-0.2, 0) is 27.7 Å². The van der Waals surface area contributed by atoms with E-state index in [1.807, 2.05) is 6.08 Å². The third kappa shape index (κ3) is 4.40. The van der Waals surface area contributed by atoms with Crippen molar-refractivity contribution < 1.29 is 27.7 Å². The molecular formula is C16H23O6P. The zero-order valence-electron chi connectivity index (χ0n) is 13.5. The monoisotopic (exact) mass is 342 g/mol. The van der Waals surface area contributed by atoms with E-state index in [0.29, 0.717) is 12.2 Å². The number of allylic oxidation sites excluding steroid dienone is 4. The fraction of sp³-hybridized carbons (Fsp3) is 0.625. The van der Waals surface area contributed by atoms with Gasteiger partial charge >= 0.3 is 7.82 Å². The first-order valence-corrected chi connectivity index (χ1v) is 9.42. The molecule has 23 heavy (non-hydrogen) atoms. The van der Waals surface area contributed by atoms with E-state index in [-0.39, 0.29) is 43.2 Å². The van der Waals surface area contributed by atoms with Gasteiger partial charge in [0.25, 0.3) is 0 Å². The molecule has 0 aromatic rings. The third-order valence-electron chi connectivity index (χ3n) is 4.05. The van der Waals surface area contributed by atoms with Crippen LogP contribution < -0.4 is 0 Å². The Morgan fingerprint density at radius 2 is 2.00 bits per heavy atom. The highest BCUT2D eigenvalue weighted by atomic mass is 31.2. The highest BCUT2D eigenvalue weighted by molar-refractivity contribution is 7.48. The molecule has 0 fully saturated rings. The molecule has 2 rings (SSSR count). The van der Waals surface area contributed by atoms with Gasteiger partial charge in [0, 0.05) is 18.8 Å². The Morgan fingerprint density at radius 3 is 2.61 bits per heavy atom. The zero-order chi connectivity index (χ0) is 16.9. The second-order valence-electron chi connectivity index (χ2n) is 5.60. The lowest BCUT2D eigenvalue weighted by molar-refractivity contribution is -0.122. The maximum absolute atomic E-state index is 12.5. The predicted molar refractivity (Wildman–Crippen MR) is 84.6 cm³/mol. The molecule has 128 valence electrons. The first-order valence-electron chi connectivity index (χ1n) is 7.96. The van der Waals surface area contributed by atoms with Gasteiger partial charge in [0.15, 0.2) is 5.78 Å². The van der Waals surface area contributed by atoms with Gasteiger partial charge in [-0.05, 0) is 44.3 Å². The summed E-state index contributed by atoms with van der Waals surface area (Å²) in [5, 5.41) is 0. The van der Waals surface area contributed by atoms with Crippen molar-refractivity contribution in [2.75, 3.05) is 13.2 Å². The lowest BCUT2D eigenvalue weighted by atomic mass is 9.68. The molecule has 0 radical (unpaired) electrons. The van der Waals surface area contributed by atoms with Gasteiger partial charge in [-0.25, -0.2) is 4.57 Å². The lowest BCUT2D eigenvalue weighted by Crippen LogP contribution is -2.35. The van der Waals surface area contributed by atoms with Gasteiger partial charge in [-0.1, -0.05) is 6.08 Å². The molecule has 3 atom stereocenters. The molecule has 2 aliphatic carbocycles. The van der Waals surface area contributed by atoms with E-state index in [0.717, 1.165) is 12.7 Å². The van der Waals surface area contributed by atoms with Crippen LogP contribution >= 0.6 is 7.82 Å². The number of carbonyl (C=O) groups is 2. The standard InChI is InChI=1S/C16H23O6P/c1-3-20-23(19,21-4-2)22-14-10-12-6-5-7-15(18)16(12)13(11-14)8-9-17/h5,7,9,11-13,16H,3-4,6,8,10H2,1-2H3/t12-,13?,16+/m1/s1. The van der Waals surface area contributed by atoms with Gasteiger partial charge in [0.1, 0.15) is 12.0 Å². The first kappa shape index (κ1) is 18.1. The molecular weight excluding hydrogens is 319 g/mol. The number of phosphoric ester groups is 1. The van der Waals surface area contributed by atoms with Crippen molar-refractivity contribution in [1.82, 2.24) is 0 Å². The summed E-state index contributed by atoms with van der Waals surface area (Å²) in [6, 6.07) is 0. The Balaban J connectivity index is 2.21. The van der Waals surface area contributed by atoms with E-state index in [9.17, 15) is 14.2 Å². The van der Waals surface area contributed by atoms with E-state index in [2.05, 4.69) is 0 Å². The number of fused-ring (bicyclic) bond motifs is 1. The predicted octanol–water partition coefficient (Wildman–Crippen LogP) is 3.44. The van der Waals surface area contributed by atoms with Crippen LogP contribution in [0.5, 0.6) is 0 Å². The Labute approximate surface area is 136 Å². The van der Waals surface area contributed by atoms with Crippen molar-refractivity contribution in [2.45, 2.75) is 33.1 Å². The first-order chi connectivity index (χ1) is 11.0. The van der Waals surface area contributed by atoms with E-state index in [4.69, 9.17) is 13.6 Å². The molecule has 0 aromatic heterocycles. The Kier molecular flexibility index (Phi) is 6.33. The smallest absolute Gasteiger partial charge is 0.409 e. The van der Waals surface area contributed by atoms with Gasteiger partial charge in [-0.15, -0.1) is 0 Å². The van der Waals surface area contributed by atoms with Crippen molar-refractivity contribution in [3.05, 3.63) is 24.0 Å². The molecule has 0 amide bonds. The minimum Gasteiger partial charge on any atom is -0.409 e. The highest BCUT2D eigenvalue weighted by Crippen LogP contribution is 2.54. The molecule has 0 spiro atoms. The Hall–Kier alpha value is -1.23. The van der Waals surface area contributed by atoms with Crippen LogP contribution in [0.15, 0.2) is 24.0 Å². The number of aldehydes is 1. The molecule has 0 heterocycles. The maximum Gasteiger partial charge on any atom is 0.529 e. The Morgan fingerprint density at radius 1 is 1.30 bits per heavy atom. The zero-order valence-corrected chi connectivity index (χ0v) is 14.4. The summed E-state index contributed by atoms with van der Waals surface area (Å²) in [6.45, 7) is 3.82. The van der Waals surface area contributed by atoms with E-state index in [1.165, 1.54) is 0 Å². The van der Waals surface area contributed by atoms with Crippen molar-refractivity contribution in [3.8, 4) is 0 Å². The van der Waals surface area contributed by atoms with Crippen molar-refractivity contribution in [3.63, 3.8) is 0 Å². The van der Waals surface area contributed by atoms with Crippen LogP contribution in [0, 0.1) is 17.8 Å². The number of hydrogen-bond donors (Lipinski definition) is 0. The molecule has 0 bridgehead atoms. The van der Waals surface area contributed by atoms with E-state index < -0.39 is 7.82 Å². The average molecular weight is 342 g/mol. The second kappa shape index (κ2) is 8.04. The van der Waals surface area contributed by atoms with Crippen LogP contribution in [0.25, 0.3) is 0 Å². The molecule has 7 heteroatoms. The summed E-state index contributed by atoms with van der Waals surface area (Å²) >= 11 is 0. The van der Waals surface area contributed by atoms with Crippen LogP contribution in [0.4, 0.5) is 0 Å². The molecule has 6 nitrogen and oxygen atoms in total. The highest BCUT2D eigenvalue weighted by Gasteiger charge is 2.40. The lowest BCUT2D eigenvalue weighted by Gasteiger charge is -2.36. The summed E-state index contributed by atoms with van der Waals surface area (Å²) in [5.41, 5.74) is 0. The van der Waals surface area contributed by atoms with Crippen LogP contribution in [0.3, 0.4) is 0 Å². The summed E-state index contributed by atoms with van der Waals surface area (Å²) in [6.07, 6.45) is 7.43. The van der Waals surface area contributed by atoms with Crippen LogP contribution in [-0.4, -0.2) is 25.3 Å². The average Bonchev–Trinajstić information content (AvgIpc) is 2.47. The molecule has 0 saturated heterocycles. The molecule has 0 aromatic carbocycles. The summed E-state index contributed by atoms with van der Waals surface area (Å²) in [5.74, 6) is 0.119. The Bertz CT molecular complexity index is 543. The second-order valence-corrected chi connectivity index (χ2v) is 7.20. The largest absolute Gasteiger partial charge is 0.529 e. The van der Waals surface area contributed by atoms with E-state index >= 15 is 0 Å². The van der Waals surface area contributed by atoms with Gasteiger partial charge in [0.2, 0.25) is 0 Å². The molecule has 0 aliphatic heterocycles. The number of rotatable bonds is 8. The van der Waals surface area contributed by atoms with Gasteiger partial charge in [-0.2, -0.15) is 0 Å². The van der Waals surface area contributed by atoms with Gasteiger partial charge < -0.3 is 9.32 Å². The number of hydrogen-bond acceptors (Lipinski definition) is 6. The number of phosphoric acid groups is 1. The molecule has 1 unspecified atom stereocenters.